The van der Waals surface area contributed by atoms with Gasteiger partial charge in [-0.3, -0.25) is 9.52 Å². The molecule has 7 nitrogen and oxygen atoms in total. The number of nitrogens with zero attached hydrogens (tertiary/aromatic N) is 1. The summed E-state index contributed by atoms with van der Waals surface area (Å²) in [6.07, 6.45) is 0. The molecular formula is C19H19N3O4S2. The maximum Gasteiger partial charge on any atom is 0.263 e. The number of anilines is 1. The Bertz CT molecular complexity index is 1080. The fourth-order valence-corrected chi connectivity index (χ4v) is 4.61. The molecule has 0 fully saturated rings. The number of thiazole rings is 1. The van der Waals surface area contributed by atoms with E-state index in [1.807, 2.05) is 24.3 Å². The molecule has 146 valence electrons. The van der Waals surface area contributed by atoms with Gasteiger partial charge in [-0.1, -0.05) is 41.7 Å². The number of benzene rings is 2. The topological polar surface area (TPSA) is 97.4 Å². The van der Waals surface area contributed by atoms with Gasteiger partial charge >= 0.3 is 0 Å². The molecule has 3 aromatic rings. The fraction of sp³-hybridized carbons (Fsp3) is 0.158. The van der Waals surface area contributed by atoms with E-state index in [1.54, 1.807) is 32.2 Å². The molecule has 0 saturated heterocycles. The summed E-state index contributed by atoms with van der Waals surface area (Å²) in [6, 6.07) is 15.4. The lowest BCUT2D eigenvalue weighted by Gasteiger charge is -2.06. The molecule has 0 bridgehead atoms. The van der Waals surface area contributed by atoms with Crippen LogP contribution in [0.2, 0.25) is 0 Å². The van der Waals surface area contributed by atoms with Gasteiger partial charge in [0.2, 0.25) is 0 Å². The number of carbonyl (C=O) groups is 1. The normalized spacial score (nSPS) is 11.1. The Morgan fingerprint density at radius 1 is 1.14 bits per heavy atom. The number of amides is 1. The van der Waals surface area contributed by atoms with Gasteiger partial charge < -0.3 is 10.1 Å². The standard InChI is InChI=1S/C19H19N3O4S2/c1-13-17(18(23)20-12-14-7-6-8-15(11-14)26-2)27-19(21-13)22-28(24,25)16-9-4-3-5-10-16/h3-11H,12H2,1-2H3,(H,20,23)(H,21,22). The van der Waals surface area contributed by atoms with Gasteiger partial charge in [0.15, 0.2) is 5.13 Å². The van der Waals surface area contributed by atoms with Crippen LogP contribution in [0.3, 0.4) is 0 Å². The first-order valence-electron chi connectivity index (χ1n) is 8.35. The Hall–Kier alpha value is -2.91. The molecule has 3 rings (SSSR count). The van der Waals surface area contributed by atoms with Crippen LogP contribution in [-0.2, 0) is 16.6 Å². The summed E-state index contributed by atoms with van der Waals surface area (Å²) in [5, 5.41) is 2.96. The van der Waals surface area contributed by atoms with E-state index in [-0.39, 0.29) is 15.9 Å². The van der Waals surface area contributed by atoms with Crippen molar-refractivity contribution in [2.75, 3.05) is 11.8 Å². The quantitative estimate of drug-likeness (QED) is 0.615. The van der Waals surface area contributed by atoms with Crippen LogP contribution in [0.1, 0.15) is 20.9 Å². The average molecular weight is 418 g/mol. The van der Waals surface area contributed by atoms with Crippen molar-refractivity contribution in [2.24, 2.45) is 0 Å². The molecule has 0 aliphatic rings. The first kappa shape index (κ1) is 19.8. The highest BCUT2D eigenvalue weighted by atomic mass is 32.2. The molecule has 2 aromatic carbocycles. The van der Waals surface area contributed by atoms with Gasteiger partial charge in [0, 0.05) is 6.54 Å². The van der Waals surface area contributed by atoms with E-state index < -0.39 is 10.0 Å². The number of aromatic nitrogens is 1. The second kappa shape index (κ2) is 8.41. The van der Waals surface area contributed by atoms with Gasteiger partial charge in [0.25, 0.3) is 15.9 Å². The molecule has 0 aliphatic carbocycles. The third-order valence-corrected chi connectivity index (χ3v) is 6.42. The molecule has 9 heteroatoms. The Kier molecular flexibility index (Phi) is 5.96. The fourth-order valence-electron chi connectivity index (χ4n) is 2.47. The lowest BCUT2D eigenvalue weighted by molar-refractivity contribution is 0.0954. The van der Waals surface area contributed by atoms with Crippen molar-refractivity contribution >= 4 is 32.4 Å². The second-order valence-corrected chi connectivity index (χ2v) is 8.57. The SMILES string of the molecule is COc1cccc(CNC(=O)c2sc(NS(=O)(=O)c3ccccc3)nc2C)c1. The minimum atomic E-state index is -3.75. The Labute approximate surface area is 167 Å². The minimum Gasteiger partial charge on any atom is -0.497 e. The molecule has 0 spiro atoms. The van der Waals surface area contributed by atoms with E-state index in [9.17, 15) is 13.2 Å². The number of nitrogens with one attached hydrogen (secondary N) is 2. The predicted octanol–water partition coefficient (Wildman–Crippen LogP) is 3.19. The van der Waals surface area contributed by atoms with Crippen LogP contribution in [0, 0.1) is 6.92 Å². The monoisotopic (exact) mass is 417 g/mol. The van der Waals surface area contributed by atoms with E-state index in [0.717, 1.165) is 16.9 Å². The van der Waals surface area contributed by atoms with Crippen molar-refractivity contribution in [3.63, 3.8) is 0 Å². The molecule has 2 N–H and O–H groups in total. The van der Waals surface area contributed by atoms with Crippen molar-refractivity contribution in [2.45, 2.75) is 18.4 Å². The van der Waals surface area contributed by atoms with Crippen LogP contribution in [0.5, 0.6) is 5.75 Å². The summed E-state index contributed by atoms with van der Waals surface area (Å²) in [5.74, 6) is 0.390. The molecule has 28 heavy (non-hydrogen) atoms. The molecule has 0 unspecified atom stereocenters. The number of carbonyl (C=O) groups excluding carboxylic acids is 1. The van der Waals surface area contributed by atoms with Crippen molar-refractivity contribution in [1.29, 1.82) is 0 Å². The summed E-state index contributed by atoms with van der Waals surface area (Å²) in [5.41, 5.74) is 1.35. The van der Waals surface area contributed by atoms with Gasteiger partial charge in [-0.05, 0) is 36.8 Å². The Morgan fingerprint density at radius 2 is 1.89 bits per heavy atom. The summed E-state index contributed by atoms with van der Waals surface area (Å²) in [4.78, 5) is 17.2. The van der Waals surface area contributed by atoms with E-state index in [2.05, 4.69) is 15.0 Å². The summed E-state index contributed by atoms with van der Waals surface area (Å²) >= 11 is 0.994. The second-order valence-electron chi connectivity index (χ2n) is 5.89. The highest BCUT2D eigenvalue weighted by Crippen LogP contribution is 2.25. The summed E-state index contributed by atoms with van der Waals surface area (Å²) in [6.45, 7) is 1.98. The maximum atomic E-state index is 12.5. The van der Waals surface area contributed by atoms with Gasteiger partial charge in [-0.2, -0.15) is 0 Å². The molecular weight excluding hydrogens is 398 g/mol. The van der Waals surface area contributed by atoms with E-state index >= 15 is 0 Å². The number of methoxy groups -OCH3 is 1. The summed E-state index contributed by atoms with van der Waals surface area (Å²) < 4.78 is 32.4. The first-order chi connectivity index (χ1) is 13.4. The number of aryl methyl sites for hydroxylation is 1. The first-order valence-corrected chi connectivity index (χ1v) is 10.7. The third kappa shape index (κ3) is 4.68. The van der Waals surface area contributed by atoms with Crippen LogP contribution < -0.4 is 14.8 Å². The molecule has 0 radical (unpaired) electrons. The highest BCUT2D eigenvalue weighted by molar-refractivity contribution is 7.93. The van der Waals surface area contributed by atoms with Crippen LogP contribution in [-0.4, -0.2) is 26.4 Å². The molecule has 1 amide bonds. The third-order valence-electron chi connectivity index (χ3n) is 3.87. The number of hydrogen-bond donors (Lipinski definition) is 2. The van der Waals surface area contributed by atoms with Gasteiger partial charge in [0.05, 0.1) is 17.7 Å². The van der Waals surface area contributed by atoms with Crippen LogP contribution in [0.4, 0.5) is 5.13 Å². The van der Waals surface area contributed by atoms with E-state index in [1.165, 1.54) is 12.1 Å². The molecule has 1 heterocycles. The van der Waals surface area contributed by atoms with Crippen LogP contribution >= 0.6 is 11.3 Å². The van der Waals surface area contributed by atoms with Gasteiger partial charge in [-0.25, -0.2) is 13.4 Å². The van der Waals surface area contributed by atoms with Crippen molar-refractivity contribution in [3.8, 4) is 5.75 Å². The zero-order valence-corrected chi connectivity index (χ0v) is 16.9. The predicted molar refractivity (Wildman–Crippen MR) is 108 cm³/mol. The summed E-state index contributed by atoms with van der Waals surface area (Å²) in [7, 11) is -2.17. The molecule has 0 aliphatic heterocycles. The largest absolute Gasteiger partial charge is 0.497 e. The van der Waals surface area contributed by atoms with Crippen LogP contribution in [0.25, 0.3) is 0 Å². The average Bonchev–Trinajstić information content (AvgIpc) is 3.06. The zero-order valence-electron chi connectivity index (χ0n) is 15.3. The smallest absolute Gasteiger partial charge is 0.263 e. The number of sulfonamides is 1. The molecule has 1 aromatic heterocycles. The van der Waals surface area contributed by atoms with E-state index in [4.69, 9.17) is 4.74 Å². The van der Waals surface area contributed by atoms with Crippen molar-refractivity contribution in [3.05, 3.63) is 70.7 Å². The van der Waals surface area contributed by atoms with Crippen molar-refractivity contribution < 1.29 is 17.9 Å². The molecule has 0 atom stereocenters. The number of rotatable bonds is 7. The number of hydrogen-bond acceptors (Lipinski definition) is 6. The Morgan fingerprint density at radius 3 is 2.61 bits per heavy atom. The van der Waals surface area contributed by atoms with E-state index in [0.29, 0.717) is 22.9 Å². The van der Waals surface area contributed by atoms with Crippen LogP contribution in [0.15, 0.2) is 59.5 Å². The minimum absolute atomic E-state index is 0.131. The van der Waals surface area contributed by atoms with Crippen molar-refractivity contribution in [1.82, 2.24) is 10.3 Å². The van der Waals surface area contributed by atoms with Gasteiger partial charge in [-0.15, -0.1) is 0 Å². The lowest BCUT2D eigenvalue weighted by atomic mass is 10.2. The number of ether oxygens (including phenoxy) is 1. The Balaban J connectivity index is 1.70. The van der Waals surface area contributed by atoms with Gasteiger partial charge in [0.1, 0.15) is 10.6 Å². The zero-order chi connectivity index (χ0) is 20.1. The molecule has 0 saturated carbocycles. The maximum absolute atomic E-state index is 12.5. The highest BCUT2D eigenvalue weighted by Gasteiger charge is 2.20. The lowest BCUT2D eigenvalue weighted by Crippen LogP contribution is -2.22.